The second kappa shape index (κ2) is 2.68. The lowest BCUT2D eigenvalue weighted by atomic mass is 9.87. The predicted octanol–water partition coefficient (Wildman–Crippen LogP) is -0.488. The molecule has 2 rings (SSSR count). The van der Waals surface area contributed by atoms with Gasteiger partial charge in [-0.1, -0.05) is 0 Å². The van der Waals surface area contributed by atoms with Gasteiger partial charge in [-0.15, -0.1) is 0 Å². The van der Waals surface area contributed by atoms with Gasteiger partial charge >= 0.3 is 0 Å². The van der Waals surface area contributed by atoms with Crippen LogP contribution in [-0.4, -0.2) is 37.1 Å². The van der Waals surface area contributed by atoms with E-state index < -0.39 is 10.0 Å². The summed E-state index contributed by atoms with van der Waals surface area (Å²) in [6.45, 7) is 0.708. The minimum absolute atomic E-state index is 0.215. The van der Waals surface area contributed by atoms with E-state index in [2.05, 4.69) is 0 Å². The molecule has 0 aromatic heterocycles. The summed E-state index contributed by atoms with van der Waals surface area (Å²) in [4.78, 5) is 0. The molecular weight excluding hydrogens is 176 g/mol. The Bertz CT molecular complexity index is 269. The number of hydrogen-bond acceptors (Lipinski definition) is 3. The highest BCUT2D eigenvalue weighted by molar-refractivity contribution is 7.89. The zero-order chi connectivity index (χ0) is 8.77. The Morgan fingerprint density at radius 3 is 2.42 bits per heavy atom. The molecule has 2 aliphatic rings. The van der Waals surface area contributed by atoms with Crippen LogP contribution in [0.25, 0.3) is 0 Å². The molecule has 1 saturated carbocycles. The van der Waals surface area contributed by atoms with Gasteiger partial charge in [0, 0.05) is 18.6 Å². The van der Waals surface area contributed by atoms with Gasteiger partial charge in [-0.2, -0.15) is 4.31 Å². The molecule has 0 bridgehead atoms. The summed E-state index contributed by atoms with van der Waals surface area (Å²) >= 11 is 0. The molecule has 1 saturated heterocycles. The summed E-state index contributed by atoms with van der Waals surface area (Å²) in [6, 6.07) is 0.443. The van der Waals surface area contributed by atoms with Crippen LogP contribution in [-0.2, 0) is 10.0 Å². The first kappa shape index (κ1) is 8.47. The molecular formula is C7H14N2O2S. The van der Waals surface area contributed by atoms with Crippen LogP contribution in [0.3, 0.4) is 0 Å². The van der Waals surface area contributed by atoms with Gasteiger partial charge in [0.1, 0.15) is 0 Å². The van der Waals surface area contributed by atoms with E-state index in [1.54, 1.807) is 4.31 Å². The Hall–Kier alpha value is -0.130. The monoisotopic (exact) mass is 190 g/mol. The molecule has 4 nitrogen and oxygen atoms in total. The molecule has 0 radical (unpaired) electrons. The van der Waals surface area contributed by atoms with Gasteiger partial charge in [-0.25, -0.2) is 8.42 Å². The third kappa shape index (κ3) is 1.26. The molecule has 0 spiro atoms. The summed E-state index contributed by atoms with van der Waals surface area (Å²) in [5.41, 5.74) is 5.60. The first-order valence-corrected chi connectivity index (χ1v) is 5.95. The van der Waals surface area contributed by atoms with Gasteiger partial charge < -0.3 is 5.73 Å². The van der Waals surface area contributed by atoms with Gasteiger partial charge in [-0.3, -0.25) is 0 Å². The molecule has 0 atom stereocenters. The highest BCUT2D eigenvalue weighted by Crippen LogP contribution is 2.29. The Morgan fingerprint density at radius 1 is 1.33 bits per heavy atom. The highest BCUT2D eigenvalue weighted by atomic mass is 32.2. The van der Waals surface area contributed by atoms with Crippen LogP contribution in [0.2, 0.25) is 0 Å². The number of rotatable bonds is 1. The molecule has 1 heterocycles. The van der Waals surface area contributed by atoms with Crippen LogP contribution in [0.1, 0.15) is 19.3 Å². The van der Waals surface area contributed by atoms with E-state index in [1.807, 2.05) is 0 Å². The van der Waals surface area contributed by atoms with Crippen molar-refractivity contribution in [3.05, 3.63) is 0 Å². The average Bonchev–Trinajstić information content (AvgIpc) is 2.23. The van der Waals surface area contributed by atoms with E-state index in [0.29, 0.717) is 12.3 Å². The molecule has 0 aromatic carbocycles. The van der Waals surface area contributed by atoms with Crippen LogP contribution in [0.4, 0.5) is 0 Å². The van der Waals surface area contributed by atoms with E-state index in [0.717, 1.165) is 19.3 Å². The minimum Gasteiger partial charge on any atom is -0.328 e. The lowest BCUT2D eigenvalue weighted by Crippen LogP contribution is -2.51. The van der Waals surface area contributed by atoms with Crippen molar-refractivity contribution in [1.29, 1.82) is 0 Å². The van der Waals surface area contributed by atoms with E-state index in [-0.39, 0.29) is 12.1 Å². The number of hydrogen-bond donors (Lipinski definition) is 1. The average molecular weight is 190 g/mol. The van der Waals surface area contributed by atoms with Crippen molar-refractivity contribution >= 4 is 10.0 Å². The van der Waals surface area contributed by atoms with Crippen LogP contribution in [0.15, 0.2) is 0 Å². The predicted molar refractivity (Wildman–Crippen MR) is 46.1 cm³/mol. The largest absolute Gasteiger partial charge is 0.328 e. The summed E-state index contributed by atoms with van der Waals surface area (Å²) in [7, 11) is -2.89. The molecule has 70 valence electrons. The molecule has 0 amide bonds. The van der Waals surface area contributed by atoms with E-state index in [9.17, 15) is 8.42 Å². The fourth-order valence-corrected chi connectivity index (χ4v) is 3.70. The normalized spacial score (nSPS) is 41.1. The van der Waals surface area contributed by atoms with Crippen molar-refractivity contribution < 1.29 is 8.42 Å². The van der Waals surface area contributed by atoms with Crippen LogP contribution >= 0.6 is 0 Å². The van der Waals surface area contributed by atoms with E-state index >= 15 is 0 Å². The maximum absolute atomic E-state index is 11.4. The Balaban J connectivity index is 2.05. The van der Waals surface area contributed by atoms with Crippen molar-refractivity contribution in [2.24, 2.45) is 5.73 Å². The summed E-state index contributed by atoms with van der Waals surface area (Å²) in [6.07, 6.45) is 2.48. The Morgan fingerprint density at radius 2 is 2.00 bits per heavy atom. The fraction of sp³-hybridized carbons (Fsp3) is 1.00. The standard InChI is InChI=1S/C7H14N2O2S/c8-6-4-7(5-6)9-2-1-3-12(9,10)11/h6-7H,1-5,8H2. The Kier molecular flexibility index (Phi) is 1.89. The first-order chi connectivity index (χ1) is 5.59. The van der Waals surface area contributed by atoms with Gasteiger partial charge in [-0.05, 0) is 19.3 Å². The SMILES string of the molecule is NC1CC(N2CCCS2(=O)=O)C1. The van der Waals surface area contributed by atoms with Crippen LogP contribution < -0.4 is 5.73 Å². The maximum atomic E-state index is 11.4. The van der Waals surface area contributed by atoms with Crippen LogP contribution in [0, 0.1) is 0 Å². The third-order valence-corrected chi connectivity index (χ3v) is 4.69. The van der Waals surface area contributed by atoms with Gasteiger partial charge in [0.15, 0.2) is 0 Å². The zero-order valence-corrected chi connectivity index (χ0v) is 7.76. The quantitative estimate of drug-likeness (QED) is 0.607. The summed E-state index contributed by atoms with van der Waals surface area (Å²) in [5, 5.41) is 0. The maximum Gasteiger partial charge on any atom is 0.214 e. The molecule has 0 aromatic rings. The van der Waals surface area contributed by atoms with Gasteiger partial charge in [0.05, 0.1) is 5.75 Å². The smallest absolute Gasteiger partial charge is 0.214 e. The summed E-state index contributed by atoms with van der Waals surface area (Å²) in [5.74, 6) is 0.332. The highest BCUT2D eigenvalue weighted by Gasteiger charge is 2.40. The van der Waals surface area contributed by atoms with Gasteiger partial charge in [0.2, 0.25) is 10.0 Å². The number of nitrogens with two attached hydrogens (primary N) is 1. The molecule has 1 aliphatic heterocycles. The molecule has 2 fully saturated rings. The molecule has 5 heteroatoms. The first-order valence-electron chi connectivity index (χ1n) is 4.35. The lowest BCUT2D eigenvalue weighted by molar-refractivity contribution is 0.203. The second-order valence-corrected chi connectivity index (χ2v) is 5.71. The van der Waals surface area contributed by atoms with Crippen LogP contribution in [0.5, 0.6) is 0 Å². The van der Waals surface area contributed by atoms with Gasteiger partial charge in [0.25, 0.3) is 0 Å². The van der Waals surface area contributed by atoms with Crippen molar-refractivity contribution in [3.8, 4) is 0 Å². The summed E-state index contributed by atoms with van der Waals surface area (Å²) < 4.78 is 24.4. The Labute approximate surface area is 72.8 Å². The fourth-order valence-electron chi connectivity index (χ4n) is 1.93. The van der Waals surface area contributed by atoms with Crippen molar-refractivity contribution in [2.45, 2.75) is 31.3 Å². The van der Waals surface area contributed by atoms with E-state index in [1.165, 1.54) is 0 Å². The molecule has 2 N–H and O–H groups in total. The van der Waals surface area contributed by atoms with Crippen molar-refractivity contribution in [2.75, 3.05) is 12.3 Å². The minimum atomic E-state index is -2.89. The number of sulfonamides is 1. The van der Waals surface area contributed by atoms with Crippen molar-refractivity contribution in [3.63, 3.8) is 0 Å². The third-order valence-electron chi connectivity index (χ3n) is 2.70. The van der Waals surface area contributed by atoms with Crippen molar-refractivity contribution in [1.82, 2.24) is 4.31 Å². The second-order valence-electron chi connectivity index (χ2n) is 3.67. The number of nitrogens with zero attached hydrogens (tertiary/aromatic N) is 1. The molecule has 12 heavy (non-hydrogen) atoms. The van der Waals surface area contributed by atoms with E-state index in [4.69, 9.17) is 5.73 Å². The molecule has 1 aliphatic carbocycles. The molecule has 0 unspecified atom stereocenters. The zero-order valence-electron chi connectivity index (χ0n) is 6.94. The topological polar surface area (TPSA) is 63.4 Å². The lowest BCUT2D eigenvalue weighted by Gasteiger charge is -2.37.